The van der Waals surface area contributed by atoms with Gasteiger partial charge in [-0.3, -0.25) is 9.97 Å². The van der Waals surface area contributed by atoms with Gasteiger partial charge in [0, 0.05) is 34.3 Å². The smallest absolute Gasteiger partial charge is 0.0965 e. The molecule has 0 amide bonds. The fourth-order valence-corrected chi connectivity index (χ4v) is 6.76. The van der Waals surface area contributed by atoms with Crippen LogP contribution in [0.2, 0.25) is 0 Å². The topological polar surface area (TPSA) is 25.8 Å². The van der Waals surface area contributed by atoms with Gasteiger partial charge < -0.3 is 0 Å². The molecule has 0 spiro atoms. The molecule has 214 valence electrons. The van der Waals surface area contributed by atoms with Crippen LogP contribution in [-0.4, -0.2) is 9.97 Å². The van der Waals surface area contributed by atoms with Gasteiger partial charge in [0.15, 0.2) is 0 Å². The summed E-state index contributed by atoms with van der Waals surface area (Å²) in [6, 6.07) is 56.4. The number of hydrogen-bond acceptors (Lipinski definition) is 2. The van der Waals surface area contributed by atoms with Gasteiger partial charge in [-0.05, 0) is 91.3 Å². The van der Waals surface area contributed by atoms with E-state index in [0.717, 1.165) is 32.9 Å². The number of nitrogens with zero attached hydrogens (tertiary/aromatic N) is 2. The lowest BCUT2D eigenvalue weighted by Gasteiger charge is -2.14. The molecule has 0 aliphatic carbocycles. The highest BCUT2D eigenvalue weighted by molar-refractivity contribution is 6.06. The summed E-state index contributed by atoms with van der Waals surface area (Å²) in [5.74, 6) is 0. The Morgan fingerprint density at radius 2 is 0.587 bits per heavy atom. The average molecular weight is 585 g/mol. The summed E-state index contributed by atoms with van der Waals surface area (Å²) in [6.45, 7) is 0. The highest BCUT2D eigenvalue weighted by Crippen LogP contribution is 2.39. The maximum Gasteiger partial charge on any atom is 0.0965 e. The molecule has 7 aromatic carbocycles. The van der Waals surface area contributed by atoms with Gasteiger partial charge >= 0.3 is 0 Å². The van der Waals surface area contributed by atoms with Gasteiger partial charge in [0.2, 0.25) is 0 Å². The molecule has 2 aromatic heterocycles. The maximum absolute atomic E-state index is 5.05. The summed E-state index contributed by atoms with van der Waals surface area (Å²) in [6.07, 6.45) is 4.01. The normalized spacial score (nSPS) is 11.5. The van der Waals surface area contributed by atoms with Crippen molar-refractivity contribution in [3.8, 4) is 44.5 Å². The quantitative estimate of drug-likeness (QED) is 0.192. The predicted octanol–water partition coefficient (Wildman–Crippen LogP) is 11.8. The lowest BCUT2D eigenvalue weighted by Crippen LogP contribution is -1.92. The van der Waals surface area contributed by atoms with Crippen LogP contribution in [-0.2, 0) is 0 Å². The molecule has 0 fully saturated rings. The van der Waals surface area contributed by atoms with E-state index in [1.165, 1.54) is 54.9 Å². The van der Waals surface area contributed by atoms with Crippen molar-refractivity contribution in [3.05, 3.63) is 170 Å². The first-order valence-corrected chi connectivity index (χ1v) is 15.6. The van der Waals surface area contributed by atoms with Crippen LogP contribution >= 0.6 is 0 Å². The zero-order valence-corrected chi connectivity index (χ0v) is 25.1. The Morgan fingerprint density at radius 1 is 0.261 bits per heavy atom. The summed E-state index contributed by atoms with van der Waals surface area (Å²) in [5, 5.41) is 7.04. The molecule has 0 radical (unpaired) electrons. The monoisotopic (exact) mass is 584 g/mol. The second kappa shape index (κ2) is 10.8. The van der Waals surface area contributed by atoms with E-state index in [1.807, 2.05) is 12.4 Å². The second-order valence-corrected chi connectivity index (χ2v) is 11.9. The van der Waals surface area contributed by atoms with Gasteiger partial charge in [-0.25, -0.2) is 0 Å². The standard InChI is InChI=1S/C44H28N2/c1-3-11-29(12-4-1)39-23-31-15-7-9-17-33(31)25-41(39)37-21-35-19-20-36-22-38(28-46-44(36)43(35)45-27-37)42-26-34-18-10-8-16-32(34)24-40(42)30-13-5-2-6-14-30/h1-28H. The fourth-order valence-electron chi connectivity index (χ4n) is 6.76. The number of rotatable bonds is 4. The summed E-state index contributed by atoms with van der Waals surface area (Å²) in [5.41, 5.74) is 11.2. The van der Waals surface area contributed by atoms with Crippen molar-refractivity contribution in [2.75, 3.05) is 0 Å². The Labute approximate surface area is 267 Å². The number of hydrogen-bond donors (Lipinski definition) is 0. The molecule has 0 N–H and O–H groups in total. The fraction of sp³-hybridized carbons (Fsp3) is 0. The zero-order valence-electron chi connectivity index (χ0n) is 25.1. The van der Waals surface area contributed by atoms with Crippen molar-refractivity contribution >= 4 is 43.4 Å². The maximum atomic E-state index is 5.05. The van der Waals surface area contributed by atoms with Crippen molar-refractivity contribution in [3.63, 3.8) is 0 Å². The van der Waals surface area contributed by atoms with Crippen molar-refractivity contribution < 1.29 is 0 Å². The highest BCUT2D eigenvalue weighted by Gasteiger charge is 2.14. The van der Waals surface area contributed by atoms with Gasteiger partial charge in [0.25, 0.3) is 0 Å². The lowest BCUT2D eigenvalue weighted by molar-refractivity contribution is 1.37. The van der Waals surface area contributed by atoms with Gasteiger partial charge in [-0.1, -0.05) is 121 Å². The summed E-state index contributed by atoms with van der Waals surface area (Å²) in [7, 11) is 0. The van der Waals surface area contributed by atoms with Crippen LogP contribution in [0.15, 0.2) is 170 Å². The first kappa shape index (κ1) is 26.3. The van der Waals surface area contributed by atoms with Gasteiger partial charge in [0.05, 0.1) is 11.0 Å². The largest absolute Gasteiger partial charge is 0.253 e. The van der Waals surface area contributed by atoms with Crippen LogP contribution in [0.3, 0.4) is 0 Å². The molecule has 46 heavy (non-hydrogen) atoms. The molecule has 0 atom stereocenters. The van der Waals surface area contributed by atoms with Gasteiger partial charge in [-0.2, -0.15) is 0 Å². The first-order chi connectivity index (χ1) is 22.8. The van der Waals surface area contributed by atoms with Crippen LogP contribution in [0.5, 0.6) is 0 Å². The number of fused-ring (bicyclic) bond motifs is 5. The molecule has 2 nitrogen and oxygen atoms in total. The summed E-state index contributed by atoms with van der Waals surface area (Å²) < 4.78 is 0. The van der Waals surface area contributed by atoms with Crippen molar-refractivity contribution in [2.45, 2.75) is 0 Å². The van der Waals surface area contributed by atoms with Crippen LogP contribution in [0.25, 0.3) is 87.9 Å². The van der Waals surface area contributed by atoms with E-state index in [1.54, 1.807) is 0 Å². The minimum atomic E-state index is 0.914. The third-order valence-corrected chi connectivity index (χ3v) is 9.06. The SMILES string of the molecule is c1ccc(-c2cc3ccccc3cc2-c2cnc3c(ccc4cc(-c5cc6ccccc6cc5-c5ccccc5)cnc43)c2)cc1. The molecule has 2 heteroatoms. The van der Waals surface area contributed by atoms with E-state index in [0.29, 0.717) is 0 Å². The molecule has 0 saturated heterocycles. The van der Waals surface area contributed by atoms with Gasteiger partial charge in [-0.15, -0.1) is 0 Å². The number of pyridine rings is 2. The Kier molecular flexibility index (Phi) is 6.17. The molecule has 0 unspecified atom stereocenters. The molecule has 0 saturated carbocycles. The van der Waals surface area contributed by atoms with E-state index >= 15 is 0 Å². The van der Waals surface area contributed by atoms with E-state index in [-0.39, 0.29) is 0 Å². The van der Waals surface area contributed by atoms with Crippen molar-refractivity contribution in [2.24, 2.45) is 0 Å². The van der Waals surface area contributed by atoms with Crippen LogP contribution in [0.1, 0.15) is 0 Å². The lowest BCUT2D eigenvalue weighted by atomic mass is 9.91. The Balaban J connectivity index is 1.19. The molecule has 0 aliphatic heterocycles. The van der Waals surface area contributed by atoms with E-state index in [2.05, 4.69) is 158 Å². The molecular formula is C44H28N2. The average Bonchev–Trinajstić information content (AvgIpc) is 3.14. The van der Waals surface area contributed by atoms with E-state index < -0.39 is 0 Å². The minimum absolute atomic E-state index is 0.914. The van der Waals surface area contributed by atoms with E-state index in [4.69, 9.17) is 9.97 Å². The van der Waals surface area contributed by atoms with Crippen LogP contribution in [0.4, 0.5) is 0 Å². The molecule has 0 bridgehead atoms. The van der Waals surface area contributed by atoms with Crippen molar-refractivity contribution in [1.82, 2.24) is 9.97 Å². The highest BCUT2D eigenvalue weighted by atomic mass is 14.7. The Bertz CT molecular complexity index is 2390. The second-order valence-electron chi connectivity index (χ2n) is 11.9. The Hall–Kier alpha value is -6.12. The first-order valence-electron chi connectivity index (χ1n) is 15.6. The summed E-state index contributed by atoms with van der Waals surface area (Å²) in [4.78, 5) is 10.1. The zero-order chi connectivity index (χ0) is 30.5. The van der Waals surface area contributed by atoms with E-state index in [9.17, 15) is 0 Å². The molecular weight excluding hydrogens is 556 g/mol. The predicted molar refractivity (Wildman–Crippen MR) is 194 cm³/mol. The number of aromatic nitrogens is 2. The molecule has 9 aromatic rings. The molecule has 0 aliphatic rings. The van der Waals surface area contributed by atoms with Crippen LogP contribution < -0.4 is 0 Å². The third-order valence-electron chi connectivity index (χ3n) is 9.06. The minimum Gasteiger partial charge on any atom is -0.253 e. The molecule has 9 rings (SSSR count). The third kappa shape index (κ3) is 4.51. The van der Waals surface area contributed by atoms with Gasteiger partial charge in [0.1, 0.15) is 0 Å². The summed E-state index contributed by atoms with van der Waals surface area (Å²) >= 11 is 0. The van der Waals surface area contributed by atoms with Crippen molar-refractivity contribution in [1.29, 1.82) is 0 Å². The van der Waals surface area contributed by atoms with Crippen LogP contribution in [0, 0.1) is 0 Å². The Morgan fingerprint density at radius 3 is 0.957 bits per heavy atom. The molecule has 2 heterocycles. The number of benzene rings is 7.